The first-order valence-electron chi connectivity index (χ1n) is 7.05. The molecule has 0 saturated heterocycles. The number of benzene rings is 1. The third-order valence-corrected chi connectivity index (χ3v) is 3.62. The minimum Gasteiger partial charge on any atom is -1.00 e. The van der Waals surface area contributed by atoms with Crippen molar-refractivity contribution in [1.82, 2.24) is 4.90 Å². The van der Waals surface area contributed by atoms with Crippen LogP contribution < -0.4 is 12.4 Å². The minimum absolute atomic E-state index is 0. The molecule has 1 aromatic carbocycles. The molecule has 118 valence electrons. The van der Waals surface area contributed by atoms with E-state index in [1.807, 2.05) is 0 Å². The van der Waals surface area contributed by atoms with E-state index in [4.69, 9.17) is 0 Å². The molecule has 0 spiro atoms. The largest absolute Gasteiger partial charge is 1.00 e. The first-order chi connectivity index (χ1) is 9.53. The number of nitrogens with zero attached hydrogens (tertiary/aromatic N) is 2. The van der Waals surface area contributed by atoms with Crippen molar-refractivity contribution in [1.29, 1.82) is 0 Å². The normalized spacial score (nSPS) is 11.8. The molecule has 1 atom stereocenters. The molecule has 1 unspecified atom stereocenters. The van der Waals surface area contributed by atoms with Gasteiger partial charge in [-0.3, -0.25) is 14.9 Å². The number of halogens is 1. The molecule has 0 aliphatic heterocycles. The minimum atomic E-state index is -0.459. The van der Waals surface area contributed by atoms with Crippen molar-refractivity contribution in [2.45, 2.75) is 39.7 Å². The molecule has 5 nitrogen and oxygen atoms in total. The number of carbonyl (C=O) groups is 1. The lowest BCUT2D eigenvalue weighted by atomic mass is 10.0. The van der Waals surface area contributed by atoms with Gasteiger partial charge in [0.05, 0.1) is 4.92 Å². The van der Waals surface area contributed by atoms with Crippen molar-refractivity contribution in [2.75, 3.05) is 13.1 Å². The Hall–Kier alpha value is -1.46. The van der Waals surface area contributed by atoms with E-state index in [1.165, 1.54) is 24.3 Å². The number of hydrogen-bond acceptors (Lipinski definition) is 4. The Balaban J connectivity index is 0.00000400. The number of ketones is 1. The maximum Gasteiger partial charge on any atom is 0.269 e. The summed E-state index contributed by atoms with van der Waals surface area (Å²) in [6.07, 6.45) is 1.37. The maximum atomic E-state index is 12.2. The van der Waals surface area contributed by atoms with E-state index >= 15 is 0 Å². The average Bonchev–Trinajstić information content (AvgIpc) is 2.47. The molecule has 6 heteroatoms. The molecular formula is C15H22ClN2O3-. The predicted octanol–water partition coefficient (Wildman–Crippen LogP) is 0.292. The third-order valence-electron chi connectivity index (χ3n) is 3.62. The first-order valence-corrected chi connectivity index (χ1v) is 7.05. The highest BCUT2D eigenvalue weighted by molar-refractivity contribution is 5.96. The van der Waals surface area contributed by atoms with E-state index in [-0.39, 0.29) is 29.9 Å². The van der Waals surface area contributed by atoms with E-state index < -0.39 is 4.92 Å². The van der Waals surface area contributed by atoms with Gasteiger partial charge >= 0.3 is 0 Å². The quantitative estimate of drug-likeness (QED) is 0.393. The summed E-state index contributed by atoms with van der Waals surface area (Å²) in [6.45, 7) is 8.09. The van der Waals surface area contributed by atoms with Crippen LogP contribution in [-0.2, 0) is 0 Å². The Bertz CT molecular complexity index is 458. The van der Waals surface area contributed by atoms with Crippen molar-refractivity contribution >= 4 is 11.5 Å². The van der Waals surface area contributed by atoms with Gasteiger partial charge in [-0.05, 0) is 31.6 Å². The highest BCUT2D eigenvalue weighted by Gasteiger charge is 2.19. The SMILES string of the molecule is CCC(CC(=O)c1ccc([N+](=O)[O-])cc1)N(CC)CC.[Cl-]. The number of nitro groups is 1. The second-order valence-corrected chi connectivity index (χ2v) is 4.71. The van der Waals surface area contributed by atoms with Crippen LogP contribution in [0.4, 0.5) is 5.69 Å². The summed E-state index contributed by atoms with van der Waals surface area (Å²) in [7, 11) is 0. The molecule has 21 heavy (non-hydrogen) atoms. The van der Waals surface area contributed by atoms with Crippen LogP contribution in [0, 0.1) is 10.1 Å². The Kier molecular flexibility index (Phi) is 8.81. The summed E-state index contributed by atoms with van der Waals surface area (Å²) in [5.41, 5.74) is 0.554. The van der Waals surface area contributed by atoms with Crippen LogP contribution in [0.5, 0.6) is 0 Å². The van der Waals surface area contributed by atoms with Gasteiger partial charge in [0, 0.05) is 30.2 Å². The van der Waals surface area contributed by atoms with Crippen LogP contribution >= 0.6 is 0 Å². The number of rotatable bonds is 8. The van der Waals surface area contributed by atoms with Gasteiger partial charge in [-0.15, -0.1) is 0 Å². The van der Waals surface area contributed by atoms with E-state index in [2.05, 4.69) is 25.7 Å². The van der Waals surface area contributed by atoms with Gasteiger partial charge in [0.25, 0.3) is 5.69 Å². The lowest BCUT2D eigenvalue weighted by Crippen LogP contribution is -3.00. The Morgan fingerprint density at radius 3 is 2.10 bits per heavy atom. The van der Waals surface area contributed by atoms with E-state index in [0.29, 0.717) is 12.0 Å². The lowest BCUT2D eigenvalue weighted by Gasteiger charge is -2.28. The van der Waals surface area contributed by atoms with Crippen molar-refractivity contribution < 1.29 is 22.1 Å². The molecule has 0 radical (unpaired) electrons. The standard InChI is InChI=1S/C15H22N2O3.ClH/c1-4-13(16(5-2)6-3)11-15(18)12-7-9-14(10-8-12)17(19)20;/h7-10,13H,4-6,11H2,1-3H3;1H/p-1. The summed E-state index contributed by atoms with van der Waals surface area (Å²) in [5.74, 6) is 0.0404. The van der Waals surface area contributed by atoms with E-state index in [1.54, 1.807) is 0 Å². The summed E-state index contributed by atoms with van der Waals surface area (Å²) in [6, 6.07) is 6.06. The van der Waals surface area contributed by atoms with Gasteiger partial charge in [0.2, 0.25) is 0 Å². The van der Waals surface area contributed by atoms with E-state index in [0.717, 1.165) is 19.5 Å². The Morgan fingerprint density at radius 2 is 1.71 bits per heavy atom. The molecule has 0 aliphatic rings. The second kappa shape index (κ2) is 9.47. The van der Waals surface area contributed by atoms with Gasteiger partial charge < -0.3 is 17.3 Å². The van der Waals surface area contributed by atoms with Crippen LogP contribution in [-0.4, -0.2) is 34.7 Å². The number of non-ortho nitro benzene ring substituents is 1. The molecule has 0 fully saturated rings. The van der Waals surface area contributed by atoms with Gasteiger partial charge in [0.1, 0.15) is 0 Å². The Morgan fingerprint density at radius 1 is 1.19 bits per heavy atom. The molecule has 0 heterocycles. The summed E-state index contributed by atoms with van der Waals surface area (Å²) in [4.78, 5) is 24.6. The molecule has 1 rings (SSSR count). The van der Waals surface area contributed by atoms with Gasteiger partial charge in [-0.25, -0.2) is 0 Å². The maximum absolute atomic E-state index is 12.2. The van der Waals surface area contributed by atoms with Gasteiger partial charge in [-0.1, -0.05) is 20.8 Å². The van der Waals surface area contributed by atoms with Crippen LogP contribution in [0.3, 0.4) is 0 Å². The van der Waals surface area contributed by atoms with Crippen molar-refractivity contribution in [3.8, 4) is 0 Å². The summed E-state index contributed by atoms with van der Waals surface area (Å²) < 4.78 is 0. The molecule has 0 amide bonds. The zero-order valence-corrected chi connectivity index (χ0v) is 13.5. The number of Topliss-reactive ketones (excluding diaryl/α,β-unsaturated/α-hetero) is 1. The second-order valence-electron chi connectivity index (χ2n) is 4.71. The predicted molar refractivity (Wildman–Crippen MR) is 79.0 cm³/mol. The summed E-state index contributed by atoms with van der Waals surface area (Å²) >= 11 is 0. The Labute approximate surface area is 131 Å². The van der Waals surface area contributed by atoms with Crippen molar-refractivity contribution in [2.24, 2.45) is 0 Å². The molecule has 0 aliphatic carbocycles. The van der Waals surface area contributed by atoms with Crippen molar-refractivity contribution in [3.05, 3.63) is 39.9 Å². The van der Waals surface area contributed by atoms with Gasteiger partial charge in [-0.2, -0.15) is 0 Å². The topological polar surface area (TPSA) is 63.4 Å². The number of hydrogen-bond donors (Lipinski definition) is 0. The first kappa shape index (κ1) is 19.5. The molecule has 1 aromatic rings. The smallest absolute Gasteiger partial charge is 0.269 e. The molecule has 0 aromatic heterocycles. The van der Waals surface area contributed by atoms with Crippen molar-refractivity contribution in [3.63, 3.8) is 0 Å². The van der Waals surface area contributed by atoms with Crippen LogP contribution in [0.1, 0.15) is 44.0 Å². The monoisotopic (exact) mass is 313 g/mol. The fourth-order valence-electron chi connectivity index (χ4n) is 2.37. The molecule has 0 bridgehead atoms. The third kappa shape index (κ3) is 5.44. The lowest BCUT2D eigenvalue weighted by molar-refractivity contribution is -0.384. The zero-order chi connectivity index (χ0) is 15.1. The molecular weight excluding hydrogens is 292 g/mol. The van der Waals surface area contributed by atoms with Crippen LogP contribution in [0.25, 0.3) is 0 Å². The van der Waals surface area contributed by atoms with Gasteiger partial charge in [0.15, 0.2) is 5.78 Å². The van der Waals surface area contributed by atoms with Crippen LogP contribution in [0.15, 0.2) is 24.3 Å². The number of carbonyl (C=O) groups excluding carboxylic acids is 1. The molecule has 0 N–H and O–H groups in total. The summed E-state index contributed by atoms with van der Waals surface area (Å²) in [5, 5.41) is 10.6. The number of nitro benzene ring substituents is 1. The zero-order valence-electron chi connectivity index (χ0n) is 12.7. The highest BCUT2D eigenvalue weighted by atomic mass is 35.5. The van der Waals surface area contributed by atoms with Crippen LogP contribution in [0.2, 0.25) is 0 Å². The highest BCUT2D eigenvalue weighted by Crippen LogP contribution is 2.16. The fourth-order valence-corrected chi connectivity index (χ4v) is 2.37. The van der Waals surface area contributed by atoms with E-state index in [9.17, 15) is 14.9 Å². The fraction of sp³-hybridized carbons (Fsp3) is 0.533. The molecule has 0 saturated carbocycles. The average molecular weight is 314 g/mol.